The Kier molecular flexibility index (Phi) is 3.49. The molecule has 0 aliphatic carbocycles. The average Bonchev–Trinajstić information content (AvgIpc) is 2.25. The van der Waals surface area contributed by atoms with Gasteiger partial charge in [0.25, 0.3) is 0 Å². The van der Waals surface area contributed by atoms with Gasteiger partial charge in [0.05, 0.1) is 23.1 Å². The van der Waals surface area contributed by atoms with Crippen molar-refractivity contribution in [1.82, 2.24) is 0 Å². The molecule has 0 unspecified atom stereocenters. The number of ether oxygens (including phenoxy) is 1. The van der Waals surface area contributed by atoms with E-state index in [4.69, 9.17) is 10.9 Å². The predicted octanol–water partition coefficient (Wildman–Crippen LogP) is -0.780. The molecular formula is C9H10N2O5S. The van der Waals surface area contributed by atoms with Crippen LogP contribution in [0.2, 0.25) is 0 Å². The molecule has 1 aromatic rings. The summed E-state index contributed by atoms with van der Waals surface area (Å²) in [6.07, 6.45) is 0. The maximum absolute atomic E-state index is 11.5. The summed E-state index contributed by atoms with van der Waals surface area (Å²) in [5.74, 6) is -1.95. The third-order valence-electron chi connectivity index (χ3n) is 1.99. The smallest absolute Gasteiger partial charge is 0.340 e. The Hall–Kier alpha value is -1.93. The average molecular weight is 258 g/mol. The van der Waals surface area contributed by atoms with Crippen molar-refractivity contribution in [3.8, 4) is 0 Å². The zero-order chi connectivity index (χ0) is 13.2. The predicted molar refractivity (Wildman–Crippen MR) is 57.7 cm³/mol. The summed E-state index contributed by atoms with van der Waals surface area (Å²) >= 11 is 0. The Bertz CT molecular complexity index is 579. The van der Waals surface area contributed by atoms with Gasteiger partial charge in [-0.1, -0.05) is 6.07 Å². The van der Waals surface area contributed by atoms with Crippen molar-refractivity contribution < 1.29 is 22.7 Å². The molecule has 0 aliphatic rings. The van der Waals surface area contributed by atoms with Gasteiger partial charge in [0.1, 0.15) is 0 Å². The molecule has 17 heavy (non-hydrogen) atoms. The van der Waals surface area contributed by atoms with Crippen LogP contribution in [0.25, 0.3) is 0 Å². The first-order chi connectivity index (χ1) is 7.79. The Balaban J connectivity index is 3.69. The molecule has 1 amide bonds. The fourth-order valence-corrected chi connectivity index (χ4v) is 2.03. The van der Waals surface area contributed by atoms with Crippen molar-refractivity contribution in [3.63, 3.8) is 0 Å². The lowest BCUT2D eigenvalue weighted by Crippen LogP contribution is -2.23. The van der Waals surface area contributed by atoms with Gasteiger partial charge in [0.15, 0.2) is 0 Å². The highest BCUT2D eigenvalue weighted by Crippen LogP contribution is 2.19. The van der Waals surface area contributed by atoms with Gasteiger partial charge in [0, 0.05) is 0 Å². The number of methoxy groups -OCH3 is 1. The molecule has 0 aliphatic heterocycles. The number of esters is 1. The number of primary sulfonamides is 1. The Morgan fingerprint density at radius 1 is 1.29 bits per heavy atom. The Morgan fingerprint density at radius 2 is 1.88 bits per heavy atom. The molecule has 0 bridgehead atoms. The molecule has 8 heteroatoms. The summed E-state index contributed by atoms with van der Waals surface area (Å²) in [4.78, 5) is 22.1. The number of hydrogen-bond acceptors (Lipinski definition) is 5. The number of nitrogens with two attached hydrogens (primary N) is 2. The summed E-state index contributed by atoms with van der Waals surface area (Å²) in [5.41, 5.74) is 4.32. The monoisotopic (exact) mass is 258 g/mol. The van der Waals surface area contributed by atoms with Crippen LogP contribution in [0.5, 0.6) is 0 Å². The van der Waals surface area contributed by atoms with Crippen molar-refractivity contribution in [3.05, 3.63) is 29.3 Å². The van der Waals surface area contributed by atoms with Crippen molar-refractivity contribution in [2.75, 3.05) is 7.11 Å². The minimum atomic E-state index is -4.15. The molecule has 1 rings (SSSR count). The van der Waals surface area contributed by atoms with Crippen LogP contribution in [-0.2, 0) is 14.8 Å². The number of carbonyl (C=O) groups is 2. The second-order valence-electron chi connectivity index (χ2n) is 3.08. The first-order valence-corrected chi connectivity index (χ1v) is 5.87. The molecule has 1 aromatic carbocycles. The van der Waals surface area contributed by atoms with Crippen LogP contribution >= 0.6 is 0 Å². The molecular weight excluding hydrogens is 248 g/mol. The number of hydrogen-bond donors (Lipinski definition) is 2. The Labute approximate surface area is 97.4 Å². The van der Waals surface area contributed by atoms with Gasteiger partial charge in [-0.2, -0.15) is 0 Å². The summed E-state index contributed by atoms with van der Waals surface area (Å²) in [5, 5.41) is 4.93. The van der Waals surface area contributed by atoms with Gasteiger partial charge in [-0.05, 0) is 12.1 Å². The summed E-state index contributed by atoms with van der Waals surface area (Å²) in [6, 6.07) is 3.56. The maximum Gasteiger partial charge on any atom is 0.340 e. The first kappa shape index (κ1) is 13.1. The van der Waals surface area contributed by atoms with Gasteiger partial charge in [-0.15, -0.1) is 0 Å². The number of amides is 1. The SMILES string of the molecule is COC(=O)c1c(C(N)=O)cccc1S(N)(=O)=O. The molecule has 0 saturated heterocycles. The highest BCUT2D eigenvalue weighted by atomic mass is 32.2. The fourth-order valence-electron chi connectivity index (χ4n) is 1.29. The third kappa shape index (κ3) is 2.60. The lowest BCUT2D eigenvalue weighted by molar-refractivity contribution is 0.0592. The number of primary amides is 1. The lowest BCUT2D eigenvalue weighted by atomic mass is 10.1. The number of benzene rings is 1. The molecule has 0 spiro atoms. The summed E-state index contributed by atoms with van der Waals surface area (Å²) in [6.45, 7) is 0. The minimum absolute atomic E-state index is 0.261. The molecule has 4 N–H and O–H groups in total. The van der Waals surface area contributed by atoms with Crippen molar-refractivity contribution >= 4 is 21.9 Å². The van der Waals surface area contributed by atoms with Gasteiger partial charge in [-0.25, -0.2) is 18.4 Å². The van der Waals surface area contributed by atoms with Crippen molar-refractivity contribution in [2.45, 2.75) is 4.90 Å². The molecule has 0 saturated carbocycles. The molecule has 0 radical (unpaired) electrons. The molecule has 0 heterocycles. The standard InChI is InChI=1S/C9H10N2O5S/c1-16-9(13)7-5(8(10)12)3-2-4-6(7)17(11,14)15/h2-4H,1H3,(H2,10,12)(H2,11,14,15). The number of carbonyl (C=O) groups excluding carboxylic acids is 2. The third-order valence-corrected chi connectivity index (χ3v) is 2.94. The lowest BCUT2D eigenvalue weighted by Gasteiger charge is -2.09. The van der Waals surface area contributed by atoms with E-state index in [9.17, 15) is 18.0 Å². The zero-order valence-corrected chi connectivity index (χ0v) is 9.65. The van der Waals surface area contributed by atoms with Gasteiger partial charge >= 0.3 is 5.97 Å². The molecule has 7 nitrogen and oxygen atoms in total. The topological polar surface area (TPSA) is 130 Å². The van der Waals surface area contributed by atoms with Crippen LogP contribution in [0, 0.1) is 0 Å². The molecule has 0 aromatic heterocycles. The van der Waals surface area contributed by atoms with Crippen molar-refractivity contribution in [2.24, 2.45) is 10.9 Å². The first-order valence-electron chi connectivity index (χ1n) is 4.33. The van der Waals surface area contributed by atoms with Crippen LogP contribution in [0.3, 0.4) is 0 Å². The van der Waals surface area contributed by atoms with Gasteiger partial charge < -0.3 is 10.5 Å². The molecule has 92 valence electrons. The van der Waals surface area contributed by atoms with E-state index < -0.39 is 32.4 Å². The van der Waals surface area contributed by atoms with E-state index in [1.807, 2.05) is 0 Å². The van der Waals surface area contributed by atoms with Gasteiger partial charge in [-0.3, -0.25) is 4.79 Å². The quantitative estimate of drug-likeness (QED) is 0.687. The fraction of sp³-hybridized carbons (Fsp3) is 0.111. The second kappa shape index (κ2) is 4.52. The maximum atomic E-state index is 11.5. The van der Waals surface area contributed by atoms with E-state index in [0.717, 1.165) is 13.2 Å². The van der Waals surface area contributed by atoms with Crippen LogP contribution in [0.15, 0.2) is 23.1 Å². The van der Waals surface area contributed by atoms with E-state index in [1.54, 1.807) is 0 Å². The van der Waals surface area contributed by atoms with Crippen molar-refractivity contribution in [1.29, 1.82) is 0 Å². The largest absolute Gasteiger partial charge is 0.465 e. The van der Waals surface area contributed by atoms with Crippen LogP contribution in [0.4, 0.5) is 0 Å². The zero-order valence-electron chi connectivity index (χ0n) is 8.84. The van der Waals surface area contributed by atoms with Crippen LogP contribution < -0.4 is 10.9 Å². The highest BCUT2D eigenvalue weighted by Gasteiger charge is 2.25. The highest BCUT2D eigenvalue weighted by molar-refractivity contribution is 7.89. The molecule has 0 fully saturated rings. The minimum Gasteiger partial charge on any atom is -0.465 e. The summed E-state index contributed by atoms with van der Waals surface area (Å²) in [7, 11) is -3.10. The number of rotatable bonds is 3. The summed E-state index contributed by atoms with van der Waals surface area (Å²) < 4.78 is 26.9. The normalized spacial score (nSPS) is 10.9. The Morgan fingerprint density at radius 3 is 2.29 bits per heavy atom. The van der Waals surface area contributed by atoms with E-state index in [-0.39, 0.29) is 5.56 Å². The van der Waals surface area contributed by atoms with E-state index in [0.29, 0.717) is 0 Å². The van der Waals surface area contributed by atoms with E-state index >= 15 is 0 Å². The van der Waals surface area contributed by atoms with Gasteiger partial charge in [0.2, 0.25) is 15.9 Å². The second-order valence-corrected chi connectivity index (χ2v) is 4.61. The van der Waals surface area contributed by atoms with Crippen LogP contribution in [0.1, 0.15) is 20.7 Å². The van der Waals surface area contributed by atoms with E-state index in [1.165, 1.54) is 12.1 Å². The van der Waals surface area contributed by atoms with Crippen LogP contribution in [-0.4, -0.2) is 27.4 Å². The van der Waals surface area contributed by atoms with E-state index in [2.05, 4.69) is 4.74 Å². The number of sulfonamides is 1. The molecule has 0 atom stereocenters.